The van der Waals surface area contributed by atoms with Crippen LogP contribution in [0.1, 0.15) is 55.8 Å². The number of nitrogens with one attached hydrogen (secondary N) is 1. The van der Waals surface area contributed by atoms with E-state index < -0.39 is 0 Å². The summed E-state index contributed by atoms with van der Waals surface area (Å²) in [5, 5.41) is 5.05. The van der Waals surface area contributed by atoms with Crippen LogP contribution < -0.4 is 0 Å². The van der Waals surface area contributed by atoms with Crippen LogP contribution >= 0.6 is 0 Å². The minimum absolute atomic E-state index is 0.216. The first-order chi connectivity index (χ1) is 13.7. The topological polar surface area (TPSA) is 55.7 Å². The molecule has 0 aliphatic heterocycles. The molecule has 1 aliphatic carbocycles. The second-order valence-electron chi connectivity index (χ2n) is 7.92. The van der Waals surface area contributed by atoms with Crippen molar-refractivity contribution in [1.29, 1.82) is 0 Å². The van der Waals surface area contributed by atoms with Gasteiger partial charge in [-0.15, -0.1) is 0 Å². The fourth-order valence-electron chi connectivity index (χ4n) is 4.68. The molecule has 0 spiro atoms. The molecular formula is C23H26N4O. The van der Waals surface area contributed by atoms with Gasteiger partial charge in [0.1, 0.15) is 6.33 Å². The second kappa shape index (κ2) is 7.06. The molecule has 0 saturated heterocycles. The van der Waals surface area contributed by atoms with Gasteiger partial charge in [0.05, 0.1) is 28.7 Å². The van der Waals surface area contributed by atoms with Gasteiger partial charge >= 0.3 is 0 Å². The van der Waals surface area contributed by atoms with E-state index in [2.05, 4.69) is 69.1 Å². The largest absolute Gasteiger partial charge is 0.381 e. The van der Waals surface area contributed by atoms with E-state index in [4.69, 9.17) is 4.74 Å². The van der Waals surface area contributed by atoms with Crippen LogP contribution in [0.4, 0.5) is 0 Å². The van der Waals surface area contributed by atoms with Crippen LogP contribution in [0.5, 0.6) is 0 Å². The second-order valence-corrected chi connectivity index (χ2v) is 7.92. The number of nitrogens with zero attached hydrogens (tertiary/aromatic N) is 3. The average Bonchev–Trinajstić information content (AvgIpc) is 3.36. The molecule has 5 rings (SSSR count). The number of fused-ring (bicyclic) bond motifs is 2. The van der Waals surface area contributed by atoms with Crippen molar-refractivity contribution in [3.05, 3.63) is 60.0 Å². The number of methoxy groups -OCH3 is 1. The summed E-state index contributed by atoms with van der Waals surface area (Å²) in [5.74, 6) is 0.526. The Kier molecular flexibility index (Phi) is 4.40. The Bertz CT molecular complexity index is 1090. The fraction of sp³-hybridized carbons (Fsp3) is 0.391. The van der Waals surface area contributed by atoms with Crippen LogP contribution in [0, 0.1) is 0 Å². The highest BCUT2D eigenvalue weighted by Gasteiger charge is 2.26. The Labute approximate surface area is 164 Å². The number of rotatable bonds is 4. The van der Waals surface area contributed by atoms with Gasteiger partial charge in [-0.25, -0.2) is 9.97 Å². The van der Waals surface area contributed by atoms with Crippen molar-refractivity contribution in [3.8, 4) is 0 Å². The van der Waals surface area contributed by atoms with Gasteiger partial charge < -0.3 is 9.84 Å². The standard InChI is InChI=1S/C23H26N4O/c1-15(16-6-4-3-5-7-16)27-22-13-21-20(24-14-25-21)12-19(22)23(26-27)17-8-10-18(28-2)11-9-17/h3-7,12-15,17-18,26H,8-11H2,1-2H3/t15-,17?,18?/m1/s1. The van der Waals surface area contributed by atoms with E-state index in [1.165, 1.54) is 22.2 Å². The van der Waals surface area contributed by atoms with Crippen molar-refractivity contribution < 1.29 is 4.74 Å². The van der Waals surface area contributed by atoms with Crippen LogP contribution in [-0.2, 0) is 4.74 Å². The molecule has 28 heavy (non-hydrogen) atoms. The first kappa shape index (κ1) is 17.4. The summed E-state index contributed by atoms with van der Waals surface area (Å²) in [5.41, 5.74) is 5.75. The number of hydrogen-bond donors (Lipinski definition) is 1. The first-order valence-corrected chi connectivity index (χ1v) is 10.2. The molecule has 2 heterocycles. The van der Waals surface area contributed by atoms with Gasteiger partial charge in [0.25, 0.3) is 0 Å². The maximum Gasteiger partial charge on any atom is 0.116 e. The Hall–Kier alpha value is -2.66. The molecule has 0 bridgehead atoms. The summed E-state index contributed by atoms with van der Waals surface area (Å²) in [6.45, 7) is 2.25. The monoisotopic (exact) mass is 374 g/mol. The van der Waals surface area contributed by atoms with Gasteiger partial charge in [0.2, 0.25) is 0 Å². The summed E-state index contributed by atoms with van der Waals surface area (Å²) in [7, 11) is 1.83. The number of aromatic nitrogens is 4. The van der Waals surface area contributed by atoms with E-state index in [1.54, 1.807) is 6.33 Å². The maximum atomic E-state index is 5.58. The molecule has 1 N–H and O–H groups in total. The number of ether oxygens (including phenoxy) is 1. The number of H-pyrrole nitrogens is 1. The van der Waals surface area contributed by atoms with Gasteiger partial charge in [-0.2, -0.15) is 0 Å². The Morgan fingerprint density at radius 2 is 1.75 bits per heavy atom. The van der Waals surface area contributed by atoms with Crippen LogP contribution in [0.3, 0.4) is 0 Å². The summed E-state index contributed by atoms with van der Waals surface area (Å²) < 4.78 is 7.88. The van der Waals surface area contributed by atoms with Gasteiger partial charge in [0, 0.05) is 24.1 Å². The van der Waals surface area contributed by atoms with Crippen LogP contribution in [0.2, 0.25) is 0 Å². The van der Waals surface area contributed by atoms with E-state index in [0.29, 0.717) is 12.0 Å². The van der Waals surface area contributed by atoms with Crippen LogP contribution in [-0.4, -0.2) is 33.0 Å². The molecule has 0 radical (unpaired) electrons. The number of aromatic amines is 1. The smallest absolute Gasteiger partial charge is 0.116 e. The Morgan fingerprint density at radius 1 is 1.04 bits per heavy atom. The average molecular weight is 374 g/mol. The fourth-order valence-corrected chi connectivity index (χ4v) is 4.68. The van der Waals surface area contributed by atoms with E-state index in [0.717, 1.165) is 36.7 Å². The van der Waals surface area contributed by atoms with Crippen LogP contribution in [0.15, 0.2) is 48.8 Å². The van der Waals surface area contributed by atoms with Crippen molar-refractivity contribution in [2.24, 2.45) is 0 Å². The van der Waals surface area contributed by atoms with Gasteiger partial charge in [-0.1, -0.05) is 30.3 Å². The molecule has 5 heteroatoms. The van der Waals surface area contributed by atoms with Crippen molar-refractivity contribution in [3.63, 3.8) is 0 Å². The number of hydrogen-bond acceptors (Lipinski definition) is 3. The molecule has 144 valence electrons. The lowest BCUT2D eigenvalue weighted by Crippen LogP contribution is -2.20. The predicted molar refractivity (Wildman–Crippen MR) is 112 cm³/mol. The van der Waals surface area contributed by atoms with Gasteiger partial charge in [-0.05, 0) is 50.3 Å². The zero-order chi connectivity index (χ0) is 19.1. The molecule has 0 amide bonds. The normalized spacial score (nSPS) is 21.4. The minimum atomic E-state index is 0.216. The SMILES string of the molecule is COC1CCC(c2[nH]n([C@H](C)c3ccccc3)c3cc4ncnc4cc23)CC1. The Morgan fingerprint density at radius 3 is 2.46 bits per heavy atom. The lowest BCUT2D eigenvalue weighted by molar-refractivity contribution is 0.0655. The lowest BCUT2D eigenvalue weighted by Gasteiger charge is -2.27. The number of benzene rings is 2. The van der Waals surface area contributed by atoms with Crippen molar-refractivity contribution in [2.75, 3.05) is 7.11 Å². The van der Waals surface area contributed by atoms with E-state index in [-0.39, 0.29) is 6.04 Å². The molecular weight excluding hydrogens is 348 g/mol. The highest BCUT2D eigenvalue weighted by Crippen LogP contribution is 2.38. The molecule has 1 atom stereocenters. The summed E-state index contributed by atoms with van der Waals surface area (Å²) >= 11 is 0. The minimum Gasteiger partial charge on any atom is -0.381 e. The predicted octanol–water partition coefficient (Wildman–Crippen LogP) is 5.19. The number of imidazole rings is 1. The molecule has 5 nitrogen and oxygen atoms in total. The highest BCUT2D eigenvalue weighted by molar-refractivity contribution is 5.95. The third kappa shape index (κ3) is 2.90. The van der Waals surface area contributed by atoms with E-state index in [1.807, 2.05) is 7.11 Å². The quantitative estimate of drug-likeness (QED) is 0.534. The Balaban J connectivity index is 1.63. The van der Waals surface area contributed by atoms with E-state index >= 15 is 0 Å². The van der Waals surface area contributed by atoms with Crippen molar-refractivity contribution in [2.45, 2.75) is 50.7 Å². The molecule has 2 aromatic heterocycles. The summed E-state index contributed by atoms with van der Waals surface area (Å²) in [6.07, 6.45) is 6.60. The zero-order valence-corrected chi connectivity index (χ0v) is 16.4. The van der Waals surface area contributed by atoms with Crippen molar-refractivity contribution in [1.82, 2.24) is 19.7 Å². The lowest BCUT2D eigenvalue weighted by atomic mass is 9.84. The molecule has 2 aromatic carbocycles. The maximum absolute atomic E-state index is 5.58. The molecule has 4 aromatic rings. The van der Waals surface area contributed by atoms with E-state index in [9.17, 15) is 0 Å². The first-order valence-electron chi connectivity index (χ1n) is 10.2. The zero-order valence-electron chi connectivity index (χ0n) is 16.4. The third-order valence-electron chi connectivity index (χ3n) is 6.36. The summed E-state index contributed by atoms with van der Waals surface area (Å²) in [4.78, 5) is 8.87. The van der Waals surface area contributed by atoms with Gasteiger partial charge in [0.15, 0.2) is 0 Å². The molecule has 1 aliphatic rings. The van der Waals surface area contributed by atoms with Crippen LogP contribution in [0.25, 0.3) is 21.9 Å². The molecule has 1 saturated carbocycles. The molecule has 0 unspecified atom stereocenters. The molecule has 1 fully saturated rings. The third-order valence-corrected chi connectivity index (χ3v) is 6.36. The highest BCUT2D eigenvalue weighted by atomic mass is 16.5. The summed E-state index contributed by atoms with van der Waals surface area (Å²) in [6, 6.07) is 15.3. The van der Waals surface area contributed by atoms with Crippen molar-refractivity contribution >= 4 is 21.9 Å². The van der Waals surface area contributed by atoms with Gasteiger partial charge in [-0.3, -0.25) is 4.68 Å².